The number of hydrogen-bond donors (Lipinski definition) is 1. The van der Waals surface area contributed by atoms with E-state index in [0.29, 0.717) is 6.04 Å². The molecule has 0 radical (unpaired) electrons. The van der Waals surface area contributed by atoms with Gasteiger partial charge in [-0.3, -0.25) is 4.79 Å². The second-order valence-corrected chi connectivity index (χ2v) is 8.78. The third-order valence-corrected chi connectivity index (χ3v) is 6.81. The van der Waals surface area contributed by atoms with E-state index in [1.165, 1.54) is 52.5 Å². The smallest absolute Gasteiger partial charge is 0.261 e. The third-order valence-electron chi connectivity index (χ3n) is 5.60. The molecule has 1 N–H and O–H groups in total. The number of benzene rings is 2. The maximum Gasteiger partial charge on any atom is 0.261 e. The zero-order chi connectivity index (χ0) is 18.6. The van der Waals surface area contributed by atoms with Gasteiger partial charge in [-0.25, -0.2) is 0 Å². The van der Waals surface area contributed by atoms with E-state index >= 15 is 0 Å². The molecule has 0 saturated heterocycles. The molecule has 3 aromatic rings. The van der Waals surface area contributed by atoms with Crippen molar-refractivity contribution in [2.75, 3.05) is 0 Å². The highest BCUT2D eigenvalue weighted by molar-refractivity contribution is 7.21. The van der Waals surface area contributed by atoms with Crippen molar-refractivity contribution >= 4 is 27.3 Å². The van der Waals surface area contributed by atoms with Crippen LogP contribution in [0.2, 0.25) is 0 Å². The standard InChI is InChI=1S/C24H27NOS/c1-17-12-14-18(15-13-17)16-21-20-10-6-7-11-22(20)27-23(21)24(26)25-19-8-4-2-3-5-9-19/h6-7,10-15,19H,2-5,8-9,16H2,1H3,(H,25,26). The third kappa shape index (κ3) is 4.24. The van der Waals surface area contributed by atoms with Gasteiger partial charge in [-0.1, -0.05) is 73.7 Å². The van der Waals surface area contributed by atoms with Crippen LogP contribution < -0.4 is 5.32 Å². The molecule has 140 valence electrons. The fourth-order valence-corrected chi connectivity index (χ4v) is 5.17. The minimum absolute atomic E-state index is 0.116. The number of carbonyl (C=O) groups is 1. The molecule has 1 aliphatic carbocycles. The quantitative estimate of drug-likeness (QED) is 0.535. The predicted molar refractivity (Wildman–Crippen MR) is 115 cm³/mol. The van der Waals surface area contributed by atoms with Crippen molar-refractivity contribution in [2.24, 2.45) is 0 Å². The maximum absolute atomic E-state index is 13.2. The maximum atomic E-state index is 13.2. The van der Waals surface area contributed by atoms with Crippen LogP contribution in [0.15, 0.2) is 48.5 Å². The summed E-state index contributed by atoms with van der Waals surface area (Å²) in [5.74, 6) is 0.116. The Morgan fingerprint density at radius 1 is 1.00 bits per heavy atom. The molecular formula is C24H27NOS. The van der Waals surface area contributed by atoms with Gasteiger partial charge < -0.3 is 5.32 Å². The predicted octanol–water partition coefficient (Wildman–Crippen LogP) is 6.25. The van der Waals surface area contributed by atoms with Gasteiger partial charge in [0.05, 0.1) is 4.88 Å². The van der Waals surface area contributed by atoms with E-state index in [0.717, 1.165) is 24.1 Å². The molecule has 3 heteroatoms. The Hall–Kier alpha value is -2.13. The number of amides is 1. The molecule has 1 heterocycles. The summed E-state index contributed by atoms with van der Waals surface area (Å²) in [4.78, 5) is 14.0. The zero-order valence-corrected chi connectivity index (χ0v) is 16.8. The van der Waals surface area contributed by atoms with E-state index in [1.807, 2.05) is 0 Å². The normalized spacial score (nSPS) is 15.6. The molecule has 1 aromatic heterocycles. The van der Waals surface area contributed by atoms with Crippen molar-refractivity contribution in [3.63, 3.8) is 0 Å². The Balaban J connectivity index is 1.64. The van der Waals surface area contributed by atoms with Crippen LogP contribution >= 0.6 is 11.3 Å². The van der Waals surface area contributed by atoms with Crippen molar-refractivity contribution in [1.29, 1.82) is 0 Å². The van der Waals surface area contributed by atoms with E-state index in [4.69, 9.17) is 0 Å². The van der Waals surface area contributed by atoms with Gasteiger partial charge in [0.1, 0.15) is 0 Å². The monoisotopic (exact) mass is 377 g/mol. The minimum atomic E-state index is 0.116. The van der Waals surface area contributed by atoms with Crippen LogP contribution in [-0.4, -0.2) is 11.9 Å². The highest BCUT2D eigenvalue weighted by Crippen LogP contribution is 2.33. The van der Waals surface area contributed by atoms with Gasteiger partial charge in [0.15, 0.2) is 0 Å². The van der Waals surface area contributed by atoms with Gasteiger partial charge in [0.25, 0.3) is 5.91 Å². The van der Waals surface area contributed by atoms with Crippen molar-refractivity contribution in [3.05, 3.63) is 70.1 Å². The summed E-state index contributed by atoms with van der Waals surface area (Å²) < 4.78 is 1.20. The molecule has 27 heavy (non-hydrogen) atoms. The van der Waals surface area contributed by atoms with E-state index < -0.39 is 0 Å². The molecule has 4 rings (SSSR count). The zero-order valence-electron chi connectivity index (χ0n) is 16.0. The lowest BCUT2D eigenvalue weighted by molar-refractivity contribution is 0.0937. The fourth-order valence-electron chi connectivity index (χ4n) is 4.04. The Kier molecular flexibility index (Phi) is 5.58. The molecule has 1 aliphatic rings. The summed E-state index contributed by atoms with van der Waals surface area (Å²) in [5, 5.41) is 4.56. The average molecular weight is 378 g/mol. The van der Waals surface area contributed by atoms with Crippen LogP contribution in [-0.2, 0) is 6.42 Å². The number of fused-ring (bicyclic) bond motifs is 1. The van der Waals surface area contributed by atoms with Crippen LogP contribution in [0.3, 0.4) is 0 Å². The SMILES string of the molecule is Cc1ccc(Cc2c(C(=O)NC3CCCCCC3)sc3ccccc23)cc1. The molecular weight excluding hydrogens is 350 g/mol. The van der Waals surface area contributed by atoms with Crippen LogP contribution in [0, 0.1) is 6.92 Å². The van der Waals surface area contributed by atoms with Gasteiger partial charge in [0, 0.05) is 10.7 Å². The number of thiophene rings is 1. The summed E-state index contributed by atoms with van der Waals surface area (Å²) in [6.07, 6.45) is 8.09. The van der Waals surface area contributed by atoms with Crippen molar-refractivity contribution in [2.45, 2.75) is 57.9 Å². The van der Waals surface area contributed by atoms with Gasteiger partial charge in [-0.05, 0) is 48.8 Å². The second-order valence-electron chi connectivity index (χ2n) is 7.73. The molecule has 2 nitrogen and oxygen atoms in total. The first-order valence-corrected chi connectivity index (χ1v) is 10.9. The van der Waals surface area contributed by atoms with E-state index in [-0.39, 0.29) is 5.91 Å². The number of aryl methyl sites for hydroxylation is 1. The first kappa shape index (κ1) is 18.2. The Labute approximate surface area is 165 Å². The fraction of sp³-hybridized carbons (Fsp3) is 0.375. The van der Waals surface area contributed by atoms with Gasteiger partial charge >= 0.3 is 0 Å². The first-order chi connectivity index (χ1) is 13.2. The van der Waals surface area contributed by atoms with Crippen LogP contribution in [0.1, 0.15) is 64.9 Å². The lowest BCUT2D eigenvalue weighted by Crippen LogP contribution is -2.34. The Morgan fingerprint density at radius 3 is 2.44 bits per heavy atom. The van der Waals surface area contributed by atoms with Gasteiger partial charge in [-0.2, -0.15) is 0 Å². The highest BCUT2D eigenvalue weighted by atomic mass is 32.1. The van der Waals surface area contributed by atoms with Crippen molar-refractivity contribution < 1.29 is 4.79 Å². The van der Waals surface area contributed by atoms with E-state index in [2.05, 4.69) is 60.8 Å². The topological polar surface area (TPSA) is 29.1 Å². The molecule has 0 spiro atoms. The average Bonchev–Trinajstić information content (AvgIpc) is 2.85. The van der Waals surface area contributed by atoms with Crippen LogP contribution in [0.4, 0.5) is 0 Å². The molecule has 2 aromatic carbocycles. The molecule has 0 atom stereocenters. The molecule has 1 saturated carbocycles. The largest absolute Gasteiger partial charge is 0.349 e. The van der Waals surface area contributed by atoms with E-state index in [1.54, 1.807) is 11.3 Å². The first-order valence-electron chi connectivity index (χ1n) is 10.1. The highest BCUT2D eigenvalue weighted by Gasteiger charge is 2.21. The van der Waals surface area contributed by atoms with E-state index in [9.17, 15) is 4.79 Å². The molecule has 1 fully saturated rings. The molecule has 0 unspecified atom stereocenters. The van der Waals surface area contributed by atoms with Crippen LogP contribution in [0.5, 0.6) is 0 Å². The molecule has 0 bridgehead atoms. The summed E-state index contributed by atoms with van der Waals surface area (Å²) >= 11 is 1.64. The van der Waals surface area contributed by atoms with Crippen LogP contribution in [0.25, 0.3) is 10.1 Å². The molecule has 1 amide bonds. The second kappa shape index (κ2) is 8.26. The summed E-state index contributed by atoms with van der Waals surface area (Å²) in [6, 6.07) is 17.4. The lowest BCUT2D eigenvalue weighted by atomic mass is 10.0. The van der Waals surface area contributed by atoms with Crippen molar-refractivity contribution in [1.82, 2.24) is 5.32 Å². The minimum Gasteiger partial charge on any atom is -0.349 e. The van der Waals surface area contributed by atoms with Gasteiger partial charge in [-0.15, -0.1) is 11.3 Å². The molecule has 0 aliphatic heterocycles. The Bertz CT molecular complexity index is 917. The number of nitrogens with one attached hydrogen (secondary N) is 1. The summed E-state index contributed by atoms with van der Waals surface area (Å²) in [7, 11) is 0. The summed E-state index contributed by atoms with van der Waals surface area (Å²) in [6.45, 7) is 2.11. The number of rotatable bonds is 4. The van der Waals surface area contributed by atoms with Gasteiger partial charge in [0.2, 0.25) is 0 Å². The summed E-state index contributed by atoms with van der Waals surface area (Å²) in [5.41, 5.74) is 3.69. The Morgan fingerprint density at radius 2 is 1.70 bits per heavy atom. The van der Waals surface area contributed by atoms with Crippen molar-refractivity contribution in [3.8, 4) is 0 Å². The lowest BCUT2D eigenvalue weighted by Gasteiger charge is -2.16. The number of carbonyl (C=O) groups excluding carboxylic acids is 1. The number of hydrogen-bond acceptors (Lipinski definition) is 2.